The highest BCUT2D eigenvalue weighted by molar-refractivity contribution is 5.78. The van der Waals surface area contributed by atoms with Crippen molar-refractivity contribution in [3.63, 3.8) is 0 Å². The molecule has 24 heavy (non-hydrogen) atoms. The molecule has 3 aliphatic rings. The molecule has 5 rings (SSSR count). The number of rotatable bonds is 4. The summed E-state index contributed by atoms with van der Waals surface area (Å²) >= 11 is 0. The molecule has 0 atom stereocenters. The first-order valence-electron chi connectivity index (χ1n) is 8.59. The van der Waals surface area contributed by atoms with Crippen molar-refractivity contribution < 1.29 is 14.3 Å². The van der Waals surface area contributed by atoms with Crippen LogP contribution in [0.15, 0.2) is 12.4 Å². The smallest absolute Gasteiger partial charge is 0.237 e. The Bertz CT molecular complexity index is 772. The monoisotopic (exact) mass is 329 g/mol. The second kappa shape index (κ2) is 5.28. The number of carbonyl (C=O) groups is 1. The summed E-state index contributed by atoms with van der Waals surface area (Å²) < 4.78 is 13.7. The minimum atomic E-state index is -0.300. The van der Waals surface area contributed by atoms with Crippen molar-refractivity contribution in [3.8, 4) is 5.88 Å². The van der Waals surface area contributed by atoms with E-state index in [0.29, 0.717) is 22.6 Å². The van der Waals surface area contributed by atoms with E-state index in [1.54, 1.807) is 10.6 Å². The van der Waals surface area contributed by atoms with Crippen LogP contribution in [0, 0.1) is 5.41 Å². The summed E-state index contributed by atoms with van der Waals surface area (Å²) in [6.45, 7) is 6.90. The minimum Gasteiger partial charge on any atom is -0.474 e. The number of nitrogens with zero attached hydrogens (tertiary/aromatic N) is 3. The van der Waals surface area contributed by atoms with Crippen LogP contribution in [0.3, 0.4) is 0 Å². The number of ether oxygens (including phenoxy) is 2. The molecule has 0 unspecified atom stereocenters. The number of hydrogen-bond acceptors (Lipinski definition) is 5. The van der Waals surface area contributed by atoms with Gasteiger partial charge in [-0.2, -0.15) is 4.98 Å². The maximum absolute atomic E-state index is 11.3. The van der Waals surface area contributed by atoms with Crippen LogP contribution in [0.25, 0.3) is 5.78 Å². The van der Waals surface area contributed by atoms with Crippen molar-refractivity contribution in [2.45, 2.75) is 58.2 Å². The van der Waals surface area contributed by atoms with Gasteiger partial charge >= 0.3 is 0 Å². The highest BCUT2D eigenvalue weighted by atomic mass is 16.5. The zero-order valence-corrected chi connectivity index (χ0v) is 14.4. The van der Waals surface area contributed by atoms with Gasteiger partial charge in [0.2, 0.25) is 11.7 Å². The van der Waals surface area contributed by atoms with E-state index >= 15 is 0 Å². The van der Waals surface area contributed by atoms with Crippen LogP contribution < -0.4 is 4.74 Å². The highest BCUT2D eigenvalue weighted by Crippen LogP contribution is 2.52. The molecule has 0 N–H and O–H groups in total. The van der Waals surface area contributed by atoms with Crippen LogP contribution in [0.5, 0.6) is 5.88 Å². The molecular weight excluding hydrogens is 306 g/mol. The van der Waals surface area contributed by atoms with Gasteiger partial charge in [-0.3, -0.25) is 9.20 Å². The van der Waals surface area contributed by atoms with Crippen LogP contribution in [-0.2, 0) is 10.3 Å². The van der Waals surface area contributed by atoms with Gasteiger partial charge < -0.3 is 9.47 Å². The average molecular weight is 329 g/mol. The Kier molecular flexibility index (Phi) is 3.42. The third kappa shape index (κ3) is 2.40. The van der Waals surface area contributed by atoms with Crippen LogP contribution in [0.2, 0.25) is 0 Å². The molecular formula is C18H23N3O3. The third-order valence-corrected chi connectivity index (χ3v) is 5.34. The number of carbonyl (C=O) groups excluding carboxylic acids is 1. The largest absolute Gasteiger partial charge is 0.474 e. The summed E-state index contributed by atoms with van der Waals surface area (Å²) in [6, 6.07) is 0. The molecule has 1 saturated carbocycles. The van der Waals surface area contributed by atoms with Gasteiger partial charge in [0.05, 0.1) is 24.0 Å². The van der Waals surface area contributed by atoms with Crippen molar-refractivity contribution in [1.29, 1.82) is 0 Å². The fourth-order valence-electron chi connectivity index (χ4n) is 3.73. The molecule has 0 amide bonds. The number of aromatic nitrogens is 3. The molecule has 3 fully saturated rings. The predicted molar refractivity (Wildman–Crippen MR) is 88.3 cm³/mol. The molecule has 2 aromatic rings. The van der Waals surface area contributed by atoms with Crippen LogP contribution in [-0.4, -0.2) is 33.4 Å². The van der Waals surface area contributed by atoms with Crippen LogP contribution >= 0.6 is 0 Å². The minimum absolute atomic E-state index is 0.0515. The summed E-state index contributed by atoms with van der Waals surface area (Å²) in [5, 5.41) is 0. The number of imidazole rings is 1. The first-order valence-corrected chi connectivity index (χ1v) is 8.59. The summed E-state index contributed by atoms with van der Waals surface area (Å²) in [6.07, 6.45) is 8.70. The van der Waals surface area contributed by atoms with Gasteiger partial charge in [0.15, 0.2) is 6.29 Å². The molecule has 2 aliphatic heterocycles. The summed E-state index contributed by atoms with van der Waals surface area (Å²) in [4.78, 5) is 20.5. The number of aldehydes is 1. The molecule has 6 heteroatoms. The Balaban J connectivity index is 1.74. The van der Waals surface area contributed by atoms with E-state index in [4.69, 9.17) is 14.5 Å². The van der Waals surface area contributed by atoms with Crippen LogP contribution in [0.1, 0.15) is 62.5 Å². The lowest BCUT2D eigenvalue weighted by Crippen LogP contribution is -2.48. The Labute approximate surface area is 141 Å². The van der Waals surface area contributed by atoms with Crippen molar-refractivity contribution in [1.82, 2.24) is 14.4 Å². The highest BCUT2D eigenvalue weighted by Gasteiger charge is 2.49. The SMILES string of the molecule is CC(C)Oc1nc2nc(C34CCC(C)(CC3)CO4)cn2cc1C=O. The molecule has 0 aromatic carbocycles. The quantitative estimate of drug-likeness (QED) is 0.806. The van der Waals surface area contributed by atoms with Crippen LogP contribution in [0.4, 0.5) is 0 Å². The van der Waals surface area contributed by atoms with Gasteiger partial charge in [0.25, 0.3) is 0 Å². The fourth-order valence-corrected chi connectivity index (χ4v) is 3.73. The standard InChI is InChI=1S/C18H23N3O3/c1-12(2)24-15-13(10-22)8-21-9-14(19-16(21)20-15)18-6-4-17(3,5-7-18)11-23-18/h8-10,12H,4-7,11H2,1-3H3. The lowest BCUT2D eigenvalue weighted by atomic mass is 9.66. The second-order valence-corrected chi connectivity index (χ2v) is 7.71. The Morgan fingerprint density at radius 2 is 2.00 bits per heavy atom. The molecule has 0 spiro atoms. The lowest BCUT2D eigenvalue weighted by Gasteiger charge is -2.51. The Morgan fingerprint density at radius 3 is 2.58 bits per heavy atom. The number of fused-ring (bicyclic) bond motifs is 4. The van der Waals surface area contributed by atoms with Crippen molar-refractivity contribution in [3.05, 3.63) is 23.7 Å². The molecule has 4 heterocycles. The average Bonchev–Trinajstić information content (AvgIpc) is 2.98. The Hall–Kier alpha value is -1.95. The van der Waals surface area contributed by atoms with Crippen molar-refractivity contribution in [2.24, 2.45) is 5.41 Å². The number of hydrogen-bond donors (Lipinski definition) is 0. The van der Waals surface area contributed by atoms with Gasteiger partial charge in [-0.1, -0.05) is 6.92 Å². The van der Waals surface area contributed by atoms with E-state index < -0.39 is 0 Å². The summed E-state index contributed by atoms with van der Waals surface area (Å²) in [7, 11) is 0. The molecule has 2 aromatic heterocycles. The van der Waals surface area contributed by atoms with Gasteiger partial charge in [0, 0.05) is 12.4 Å². The maximum atomic E-state index is 11.3. The summed E-state index contributed by atoms with van der Waals surface area (Å²) in [5.74, 6) is 0.881. The van der Waals surface area contributed by atoms with E-state index in [2.05, 4.69) is 11.9 Å². The fraction of sp³-hybridized carbons (Fsp3) is 0.611. The van der Waals surface area contributed by atoms with E-state index in [0.717, 1.165) is 44.3 Å². The van der Waals surface area contributed by atoms with Gasteiger partial charge in [-0.05, 0) is 44.9 Å². The molecule has 6 nitrogen and oxygen atoms in total. The molecule has 1 aliphatic carbocycles. The molecule has 2 saturated heterocycles. The second-order valence-electron chi connectivity index (χ2n) is 7.71. The van der Waals surface area contributed by atoms with Crippen molar-refractivity contribution >= 4 is 12.1 Å². The van der Waals surface area contributed by atoms with Gasteiger partial charge in [-0.25, -0.2) is 4.98 Å². The zero-order chi connectivity index (χ0) is 16.9. The molecule has 0 radical (unpaired) electrons. The van der Waals surface area contributed by atoms with E-state index in [9.17, 15) is 4.79 Å². The normalized spacial score (nSPS) is 29.3. The Morgan fingerprint density at radius 1 is 1.25 bits per heavy atom. The molecule has 128 valence electrons. The topological polar surface area (TPSA) is 65.7 Å². The maximum Gasteiger partial charge on any atom is 0.237 e. The molecule has 2 bridgehead atoms. The van der Waals surface area contributed by atoms with E-state index in [1.165, 1.54) is 0 Å². The van der Waals surface area contributed by atoms with E-state index in [-0.39, 0.29) is 11.7 Å². The van der Waals surface area contributed by atoms with Gasteiger partial charge in [0.1, 0.15) is 5.60 Å². The van der Waals surface area contributed by atoms with E-state index in [1.807, 2.05) is 20.0 Å². The third-order valence-electron chi connectivity index (χ3n) is 5.34. The van der Waals surface area contributed by atoms with Crippen molar-refractivity contribution in [2.75, 3.05) is 6.61 Å². The first kappa shape index (κ1) is 15.6. The predicted octanol–water partition coefficient (Wildman–Crippen LogP) is 3.13. The summed E-state index contributed by atoms with van der Waals surface area (Å²) in [5.41, 5.74) is 1.36. The first-order chi connectivity index (χ1) is 11.4. The zero-order valence-electron chi connectivity index (χ0n) is 14.4. The van der Waals surface area contributed by atoms with Gasteiger partial charge in [-0.15, -0.1) is 0 Å². The lowest BCUT2D eigenvalue weighted by molar-refractivity contribution is -0.185.